The molecule has 0 aliphatic carbocycles. The van der Waals surface area contributed by atoms with Gasteiger partial charge in [-0.15, -0.1) is 0 Å². The van der Waals surface area contributed by atoms with Crippen molar-refractivity contribution < 1.29 is 14.6 Å². The predicted octanol–water partition coefficient (Wildman–Crippen LogP) is 3.72. The molecule has 0 saturated heterocycles. The SMILES string of the molecule is Cc1[nH]c(-c2ccccc2Oc2ccccc2)c2nc(C(=O)O)[nH]c(=O)c12. The maximum absolute atomic E-state index is 12.3. The normalized spacial score (nSPS) is 10.9. The number of carboxylic acid groups (broad SMARTS) is 1. The molecule has 4 aromatic rings. The predicted molar refractivity (Wildman–Crippen MR) is 100 cm³/mol. The average molecular weight is 361 g/mol. The maximum Gasteiger partial charge on any atom is 0.372 e. The Kier molecular flexibility index (Phi) is 3.97. The first kappa shape index (κ1) is 16.6. The minimum absolute atomic E-state index is 0.290. The first-order valence-electron chi connectivity index (χ1n) is 8.23. The maximum atomic E-state index is 12.3. The number of fused-ring (bicyclic) bond motifs is 1. The summed E-state index contributed by atoms with van der Waals surface area (Å²) >= 11 is 0. The Balaban J connectivity index is 1.93. The molecule has 2 aromatic heterocycles. The van der Waals surface area contributed by atoms with Gasteiger partial charge in [0.2, 0.25) is 5.82 Å². The second kappa shape index (κ2) is 6.45. The molecule has 0 saturated carbocycles. The molecule has 0 spiro atoms. The Morgan fingerprint density at radius 3 is 2.48 bits per heavy atom. The van der Waals surface area contributed by atoms with Crippen molar-refractivity contribution >= 4 is 16.9 Å². The van der Waals surface area contributed by atoms with Gasteiger partial charge in [-0.05, 0) is 31.2 Å². The van der Waals surface area contributed by atoms with E-state index in [2.05, 4.69) is 15.0 Å². The van der Waals surface area contributed by atoms with E-state index in [0.29, 0.717) is 33.8 Å². The van der Waals surface area contributed by atoms with E-state index in [-0.39, 0.29) is 5.52 Å². The monoisotopic (exact) mass is 361 g/mol. The molecule has 0 aliphatic rings. The highest BCUT2D eigenvalue weighted by Gasteiger charge is 2.20. The third-order valence-corrected chi connectivity index (χ3v) is 4.17. The van der Waals surface area contributed by atoms with E-state index in [0.717, 1.165) is 0 Å². The Hall–Kier alpha value is -3.87. The van der Waals surface area contributed by atoms with Crippen molar-refractivity contribution in [3.05, 3.63) is 76.5 Å². The number of aromatic carboxylic acids is 1. The Labute approximate surface area is 153 Å². The van der Waals surface area contributed by atoms with Gasteiger partial charge in [0.1, 0.15) is 17.0 Å². The van der Waals surface area contributed by atoms with Crippen molar-refractivity contribution in [3.63, 3.8) is 0 Å². The van der Waals surface area contributed by atoms with Crippen LogP contribution in [0.5, 0.6) is 11.5 Å². The molecular weight excluding hydrogens is 346 g/mol. The Bertz CT molecular complexity index is 1210. The summed E-state index contributed by atoms with van der Waals surface area (Å²) in [6, 6.07) is 16.6. The van der Waals surface area contributed by atoms with Crippen LogP contribution in [0.4, 0.5) is 0 Å². The van der Waals surface area contributed by atoms with Gasteiger partial charge in [0, 0.05) is 11.3 Å². The molecule has 27 heavy (non-hydrogen) atoms. The van der Waals surface area contributed by atoms with Gasteiger partial charge in [-0.2, -0.15) is 0 Å². The molecule has 3 N–H and O–H groups in total. The number of aromatic amines is 2. The molecule has 0 unspecified atom stereocenters. The van der Waals surface area contributed by atoms with Crippen LogP contribution >= 0.6 is 0 Å². The smallest absolute Gasteiger partial charge is 0.372 e. The summed E-state index contributed by atoms with van der Waals surface area (Å²) in [6.45, 7) is 1.74. The molecule has 134 valence electrons. The fraction of sp³-hybridized carbons (Fsp3) is 0.0500. The van der Waals surface area contributed by atoms with Crippen LogP contribution < -0.4 is 10.3 Å². The number of aryl methyl sites for hydroxylation is 1. The number of rotatable bonds is 4. The molecule has 2 heterocycles. The number of para-hydroxylation sites is 2. The summed E-state index contributed by atoms with van der Waals surface area (Å²) in [6.07, 6.45) is 0. The number of H-pyrrole nitrogens is 2. The van der Waals surface area contributed by atoms with E-state index in [4.69, 9.17) is 4.74 Å². The van der Waals surface area contributed by atoms with Gasteiger partial charge < -0.3 is 19.8 Å². The van der Waals surface area contributed by atoms with Crippen molar-refractivity contribution in [1.82, 2.24) is 15.0 Å². The zero-order chi connectivity index (χ0) is 19.0. The fourth-order valence-corrected chi connectivity index (χ4v) is 2.99. The van der Waals surface area contributed by atoms with Gasteiger partial charge in [-0.3, -0.25) is 4.79 Å². The highest BCUT2D eigenvalue weighted by Crippen LogP contribution is 2.36. The molecule has 7 nitrogen and oxygen atoms in total. The van der Waals surface area contributed by atoms with Gasteiger partial charge >= 0.3 is 5.97 Å². The van der Waals surface area contributed by atoms with Crippen LogP contribution in [-0.2, 0) is 0 Å². The van der Waals surface area contributed by atoms with Gasteiger partial charge in [0.15, 0.2) is 0 Å². The summed E-state index contributed by atoms with van der Waals surface area (Å²) < 4.78 is 5.98. The largest absolute Gasteiger partial charge is 0.475 e. The van der Waals surface area contributed by atoms with E-state index in [1.54, 1.807) is 13.0 Å². The van der Waals surface area contributed by atoms with Crippen molar-refractivity contribution in [2.75, 3.05) is 0 Å². The fourth-order valence-electron chi connectivity index (χ4n) is 2.99. The quantitative estimate of drug-likeness (QED) is 0.513. The van der Waals surface area contributed by atoms with Crippen LogP contribution in [-0.4, -0.2) is 26.0 Å². The number of aromatic nitrogens is 3. The molecule has 0 atom stereocenters. The number of nitrogens with one attached hydrogen (secondary N) is 2. The summed E-state index contributed by atoms with van der Waals surface area (Å²) in [4.78, 5) is 33.2. The van der Waals surface area contributed by atoms with E-state index in [9.17, 15) is 14.7 Å². The van der Waals surface area contributed by atoms with Crippen LogP contribution in [0.25, 0.3) is 22.2 Å². The van der Waals surface area contributed by atoms with Crippen LogP contribution in [0, 0.1) is 6.92 Å². The van der Waals surface area contributed by atoms with E-state index in [1.807, 2.05) is 48.5 Å². The second-order valence-electron chi connectivity index (χ2n) is 5.98. The molecule has 4 rings (SSSR count). The average Bonchev–Trinajstić information content (AvgIpc) is 3.00. The van der Waals surface area contributed by atoms with Crippen LogP contribution in [0.1, 0.15) is 16.3 Å². The third-order valence-electron chi connectivity index (χ3n) is 4.17. The van der Waals surface area contributed by atoms with E-state index < -0.39 is 17.4 Å². The van der Waals surface area contributed by atoms with Gasteiger partial charge in [-0.1, -0.05) is 30.3 Å². The molecule has 2 aromatic carbocycles. The highest BCUT2D eigenvalue weighted by molar-refractivity contribution is 5.97. The summed E-state index contributed by atoms with van der Waals surface area (Å²) in [7, 11) is 0. The molecule has 0 fully saturated rings. The standard InChI is InChI=1S/C20H15N3O4/c1-11-15-17(22-18(20(25)26)23-19(15)24)16(21-11)13-9-5-6-10-14(13)27-12-7-3-2-4-8-12/h2-10,21H,1H3,(H,25,26)(H,22,23,24). The highest BCUT2D eigenvalue weighted by atomic mass is 16.5. The number of nitrogens with zero attached hydrogens (tertiary/aromatic N) is 1. The molecule has 0 bridgehead atoms. The Morgan fingerprint density at radius 1 is 1.04 bits per heavy atom. The third kappa shape index (κ3) is 2.95. The lowest BCUT2D eigenvalue weighted by Gasteiger charge is -2.10. The number of carbonyl (C=O) groups is 1. The van der Waals surface area contributed by atoms with Crippen LogP contribution in [0.15, 0.2) is 59.4 Å². The van der Waals surface area contributed by atoms with E-state index >= 15 is 0 Å². The summed E-state index contributed by atoms with van der Waals surface area (Å²) in [5, 5.41) is 9.54. The number of hydrogen-bond acceptors (Lipinski definition) is 4. The van der Waals surface area contributed by atoms with Crippen molar-refractivity contribution in [2.24, 2.45) is 0 Å². The number of benzene rings is 2. The van der Waals surface area contributed by atoms with Gasteiger partial charge in [0.05, 0.1) is 11.1 Å². The molecule has 0 aliphatic heterocycles. The van der Waals surface area contributed by atoms with Crippen molar-refractivity contribution in [2.45, 2.75) is 6.92 Å². The van der Waals surface area contributed by atoms with Crippen molar-refractivity contribution in [1.29, 1.82) is 0 Å². The van der Waals surface area contributed by atoms with Gasteiger partial charge in [-0.25, -0.2) is 9.78 Å². The second-order valence-corrected chi connectivity index (χ2v) is 5.98. The lowest BCUT2D eigenvalue weighted by molar-refractivity contribution is 0.0683. The van der Waals surface area contributed by atoms with Crippen molar-refractivity contribution in [3.8, 4) is 22.8 Å². The number of hydrogen-bond donors (Lipinski definition) is 3. The lowest BCUT2D eigenvalue weighted by atomic mass is 10.1. The zero-order valence-electron chi connectivity index (χ0n) is 14.3. The Morgan fingerprint density at radius 2 is 1.74 bits per heavy atom. The molecular formula is C20H15N3O4. The van der Waals surface area contributed by atoms with Crippen LogP contribution in [0.3, 0.4) is 0 Å². The number of ether oxygens (including phenoxy) is 1. The van der Waals surface area contributed by atoms with Gasteiger partial charge in [0.25, 0.3) is 5.56 Å². The minimum atomic E-state index is -1.30. The summed E-state index contributed by atoms with van der Waals surface area (Å²) in [5.74, 6) is -0.484. The summed E-state index contributed by atoms with van der Waals surface area (Å²) in [5.41, 5.74) is 1.59. The topological polar surface area (TPSA) is 108 Å². The first-order chi connectivity index (χ1) is 13.0. The molecule has 7 heteroatoms. The lowest BCUT2D eigenvalue weighted by Crippen LogP contribution is -2.15. The molecule has 0 radical (unpaired) electrons. The minimum Gasteiger partial charge on any atom is -0.475 e. The zero-order valence-corrected chi connectivity index (χ0v) is 14.3. The van der Waals surface area contributed by atoms with Crippen LogP contribution in [0.2, 0.25) is 0 Å². The number of carboxylic acids is 1. The molecule has 0 amide bonds. The first-order valence-corrected chi connectivity index (χ1v) is 8.23. The van der Waals surface area contributed by atoms with E-state index in [1.165, 1.54) is 0 Å².